The van der Waals surface area contributed by atoms with Crippen molar-refractivity contribution in [3.8, 4) is 22.6 Å². The molecule has 2 amide bonds. The van der Waals surface area contributed by atoms with Crippen molar-refractivity contribution in [1.29, 1.82) is 0 Å². The second-order valence-corrected chi connectivity index (χ2v) is 8.26. The number of primary amides is 1. The Morgan fingerprint density at radius 3 is 2.38 bits per heavy atom. The van der Waals surface area contributed by atoms with E-state index in [1.54, 1.807) is 55.6 Å². The third-order valence-electron chi connectivity index (χ3n) is 5.14. The number of carbonyl (C=O) groups excluding carboxylic acids is 2. The maximum absolute atomic E-state index is 12.6. The maximum atomic E-state index is 12.6. The molecule has 0 aliphatic carbocycles. The van der Waals surface area contributed by atoms with Crippen LogP contribution in [0.4, 0.5) is 5.69 Å². The molecule has 9 heteroatoms. The SMILES string of the molecule is COc1ccc(-c2c(C(=O)O)sc3c2NC(=O)CC3c2ccc(OCC(N)=O)cc2)cc1. The molecule has 1 unspecified atom stereocenters. The summed E-state index contributed by atoms with van der Waals surface area (Å²) in [6, 6.07) is 14.0. The topological polar surface area (TPSA) is 128 Å². The lowest BCUT2D eigenvalue weighted by Gasteiger charge is -2.24. The fourth-order valence-corrected chi connectivity index (χ4v) is 4.94. The number of ether oxygens (including phenoxy) is 2. The minimum absolute atomic E-state index is 0.161. The Labute approximate surface area is 187 Å². The Kier molecular flexibility index (Phi) is 5.83. The van der Waals surface area contributed by atoms with Gasteiger partial charge in [0.2, 0.25) is 5.91 Å². The summed E-state index contributed by atoms with van der Waals surface area (Å²) in [5, 5.41) is 12.7. The van der Waals surface area contributed by atoms with Gasteiger partial charge in [-0.3, -0.25) is 9.59 Å². The molecule has 1 aliphatic heterocycles. The van der Waals surface area contributed by atoms with Gasteiger partial charge < -0.3 is 25.6 Å². The van der Waals surface area contributed by atoms with Crippen molar-refractivity contribution in [2.75, 3.05) is 19.0 Å². The summed E-state index contributed by atoms with van der Waals surface area (Å²) in [6.45, 7) is -0.229. The Bertz CT molecular complexity index is 1180. The average molecular weight is 452 g/mol. The van der Waals surface area contributed by atoms with Crippen LogP contribution in [0.1, 0.15) is 32.5 Å². The first-order valence-corrected chi connectivity index (χ1v) is 10.5. The summed E-state index contributed by atoms with van der Waals surface area (Å²) in [4.78, 5) is 36.5. The number of hydrogen-bond acceptors (Lipinski definition) is 6. The number of anilines is 1. The molecule has 0 fully saturated rings. The van der Waals surface area contributed by atoms with Crippen molar-refractivity contribution in [2.24, 2.45) is 5.73 Å². The van der Waals surface area contributed by atoms with E-state index in [0.717, 1.165) is 21.8 Å². The number of benzene rings is 2. The molecular formula is C23H20N2O6S. The van der Waals surface area contributed by atoms with Crippen molar-refractivity contribution >= 4 is 34.8 Å². The van der Waals surface area contributed by atoms with Crippen LogP contribution in [0.15, 0.2) is 48.5 Å². The van der Waals surface area contributed by atoms with Crippen LogP contribution in [0.5, 0.6) is 11.5 Å². The lowest BCUT2D eigenvalue weighted by Crippen LogP contribution is -2.22. The van der Waals surface area contributed by atoms with Gasteiger partial charge >= 0.3 is 5.97 Å². The highest BCUT2D eigenvalue weighted by molar-refractivity contribution is 7.15. The zero-order valence-corrected chi connectivity index (χ0v) is 17.9. The lowest BCUT2D eigenvalue weighted by atomic mass is 9.88. The number of nitrogens with two attached hydrogens (primary N) is 1. The number of thiophene rings is 1. The molecule has 1 aliphatic rings. The van der Waals surface area contributed by atoms with E-state index in [2.05, 4.69) is 5.32 Å². The summed E-state index contributed by atoms with van der Waals surface area (Å²) >= 11 is 1.16. The highest BCUT2D eigenvalue weighted by atomic mass is 32.1. The van der Waals surface area contributed by atoms with Crippen molar-refractivity contribution in [3.63, 3.8) is 0 Å². The van der Waals surface area contributed by atoms with Gasteiger partial charge in [0.05, 0.1) is 12.8 Å². The number of methoxy groups -OCH3 is 1. The van der Waals surface area contributed by atoms with E-state index in [4.69, 9.17) is 15.2 Å². The maximum Gasteiger partial charge on any atom is 0.346 e. The molecule has 4 N–H and O–H groups in total. The van der Waals surface area contributed by atoms with Crippen molar-refractivity contribution in [1.82, 2.24) is 0 Å². The molecule has 1 atom stereocenters. The smallest absolute Gasteiger partial charge is 0.346 e. The molecule has 4 rings (SSSR count). The fourth-order valence-electron chi connectivity index (χ4n) is 3.69. The number of amides is 2. The fraction of sp³-hybridized carbons (Fsp3) is 0.174. The van der Waals surface area contributed by atoms with Crippen molar-refractivity contribution in [3.05, 3.63) is 63.8 Å². The van der Waals surface area contributed by atoms with E-state index < -0.39 is 11.9 Å². The number of rotatable bonds is 7. The zero-order chi connectivity index (χ0) is 22.8. The molecule has 2 heterocycles. The van der Waals surface area contributed by atoms with Crippen LogP contribution in [-0.4, -0.2) is 36.6 Å². The van der Waals surface area contributed by atoms with Crippen LogP contribution in [0.2, 0.25) is 0 Å². The molecule has 3 aromatic rings. The first-order chi connectivity index (χ1) is 15.4. The summed E-state index contributed by atoms with van der Waals surface area (Å²) in [5.41, 5.74) is 7.62. The molecule has 2 aromatic carbocycles. The van der Waals surface area contributed by atoms with Gasteiger partial charge in [0.1, 0.15) is 16.4 Å². The quantitative estimate of drug-likeness (QED) is 0.504. The zero-order valence-electron chi connectivity index (χ0n) is 17.1. The molecular weight excluding hydrogens is 432 g/mol. The third kappa shape index (κ3) is 4.15. The number of carboxylic acids is 1. The minimum atomic E-state index is -1.06. The van der Waals surface area contributed by atoms with Crippen LogP contribution >= 0.6 is 11.3 Å². The number of carboxylic acid groups (broad SMARTS) is 1. The van der Waals surface area contributed by atoms with Crippen LogP contribution in [-0.2, 0) is 9.59 Å². The summed E-state index contributed by atoms with van der Waals surface area (Å²) in [5.74, 6) is -1.01. The van der Waals surface area contributed by atoms with Gasteiger partial charge in [-0.15, -0.1) is 11.3 Å². The van der Waals surface area contributed by atoms with Gasteiger partial charge in [-0.1, -0.05) is 24.3 Å². The standard InChI is InChI=1S/C23H20N2O6S/c1-30-14-6-4-13(5-7-14)19-20-21(32-22(19)23(28)29)16(10-18(27)25-20)12-2-8-15(9-3-12)31-11-17(24)26/h2-9,16H,10-11H2,1H3,(H2,24,26)(H,25,27)(H,28,29). The van der Waals surface area contributed by atoms with Crippen LogP contribution in [0, 0.1) is 0 Å². The van der Waals surface area contributed by atoms with E-state index in [1.807, 2.05) is 0 Å². The Morgan fingerprint density at radius 2 is 1.78 bits per heavy atom. The monoisotopic (exact) mass is 452 g/mol. The van der Waals surface area contributed by atoms with E-state index in [0.29, 0.717) is 28.3 Å². The number of hydrogen-bond donors (Lipinski definition) is 3. The summed E-state index contributed by atoms with van der Waals surface area (Å²) < 4.78 is 10.5. The minimum Gasteiger partial charge on any atom is -0.497 e. The van der Waals surface area contributed by atoms with Gasteiger partial charge in [0.15, 0.2) is 6.61 Å². The summed E-state index contributed by atoms with van der Waals surface area (Å²) in [7, 11) is 1.55. The first kappa shape index (κ1) is 21.4. The average Bonchev–Trinajstić information content (AvgIpc) is 3.17. The molecule has 0 saturated carbocycles. The van der Waals surface area contributed by atoms with Gasteiger partial charge in [-0.2, -0.15) is 0 Å². The van der Waals surface area contributed by atoms with Gasteiger partial charge in [-0.25, -0.2) is 4.79 Å². The van der Waals surface area contributed by atoms with Crippen molar-refractivity contribution in [2.45, 2.75) is 12.3 Å². The third-order valence-corrected chi connectivity index (χ3v) is 6.43. The second-order valence-electron chi connectivity index (χ2n) is 7.21. The van der Waals surface area contributed by atoms with Gasteiger partial charge in [0, 0.05) is 22.8 Å². The lowest BCUT2D eigenvalue weighted by molar-refractivity contribution is -0.120. The first-order valence-electron chi connectivity index (χ1n) is 9.72. The van der Waals surface area contributed by atoms with E-state index in [1.165, 1.54) is 0 Å². The molecule has 164 valence electrons. The summed E-state index contributed by atoms with van der Waals surface area (Å²) in [6.07, 6.45) is 0.191. The Hall–Kier alpha value is -3.85. The Morgan fingerprint density at radius 1 is 1.12 bits per heavy atom. The predicted octanol–water partition coefficient (Wildman–Crippen LogP) is 3.46. The Balaban J connectivity index is 1.76. The predicted molar refractivity (Wildman–Crippen MR) is 119 cm³/mol. The van der Waals surface area contributed by atoms with Crippen LogP contribution in [0.3, 0.4) is 0 Å². The molecule has 1 aromatic heterocycles. The molecule has 0 saturated heterocycles. The van der Waals surface area contributed by atoms with Crippen LogP contribution < -0.4 is 20.5 Å². The molecule has 32 heavy (non-hydrogen) atoms. The number of aromatic carboxylic acids is 1. The van der Waals surface area contributed by atoms with Gasteiger partial charge in [0.25, 0.3) is 5.91 Å². The number of carbonyl (C=O) groups is 3. The van der Waals surface area contributed by atoms with E-state index in [-0.39, 0.29) is 29.7 Å². The molecule has 0 radical (unpaired) electrons. The second kappa shape index (κ2) is 8.72. The number of fused-ring (bicyclic) bond motifs is 1. The highest BCUT2D eigenvalue weighted by Gasteiger charge is 2.34. The van der Waals surface area contributed by atoms with E-state index >= 15 is 0 Å². The molecule has 0 bridgehead atoms. The van der Waals surface area contributed by atoms with E-state index in [9.17, 15) is 19.5 Å². The largest absolute Gasteiger partial charge is 0.497 e. The normalized spacial score (nSPS) is 14.9. The van der Waals surface area contributed by atoms with Crippen LogP contribution in [0.25, 0.3) is 11.1 Å². The van der Waals surface area contributed by atoms with Crippen molar-refractivity contribution < 1.29 is 29.0 Å². The number of nitrogens with one attached hydrogen (secondary N) is 1. The molecule has 0 spiro atoms. The van der Waals surface area contributed by atoms with Gasteiger partial charge in [-0.05, 0) is 35.4 Å². The highest BCUT2D eigenvalue weighted by Crippen LogP contribution is 2.49. The molecule has 8 nitrogen and oxygen atoms in total.